The molecule has 0 atom stereocenters. The maximum absolute atomic E-state index is 12.7. The van der Waals surface area contributed by atoms with Gasteiger partial charge in [0.15, 0.2) is 5.76 Å². The molecular weight excluding hydrogens is 342 g/mol. The second-order valence-corrected chi connectivity index (χ2v) is 7.20. The van der Waals surface area contributed by atoms with Crippen LogP contribution < -0.4 is 10.6 Å². The number of benzene rings is 1. The van der Waals surface area contributed by atoms with Crippen LogP contribution in [0.1, 0.15) is 31.3 Å². The lowest BCUT2D eigenvalue weighted by atomic mass is 10.2. The molecule has 136 valence electrons. The van der Waals surface area contributed by atoms with E-state index in [1.807, 2.05) is 6.92 Å². The first-order valence-corrected chi connectivity index (χ1v) is 9.60. The van der Waals surface area contributed by atoms with E-state index in [2.05, 4.69) is 10.6 Å². The van der Waals surface area contributed by atoms with Gasteiger partial charge < -0.3 is 15.1 Å². The fraction of sp³-hybridized carbons (Fsp3) is 0.353. The zero-order valence-corrected chi connectivity index (χ0v) is 15.4. The van der Waals surface area contributed by atoms with E-state index in [0.717, 1.165) is 0 Å². The minimum atomic E-state index is -3.61. The van der Waals surface area contributed by atoms with E-state index in [-0.39, 0.29) is 10.7 Å². The number of hydrogen-bond acceptors (Lipinski definition) is 5. The second kappa shape index (κ2) is 8.17. The Morgan fingerprint density at radius 1 is 1.12 bits per heavy atom. The van der Waals surface area contributed by atoms with Crippen LogP contribution in [0.3, 0.4) is 0 Å². The predicted octanol–water partition coefficient (Wildman–Crippen LogP) is 2.99. The molecule has 1 heterocycles. The molecule has 7 nitrogen and oxygen atoms in total. The van der Waals surface area contributed by atoms with Crippen LogP contribution in [0, 0.1) is 0 Å². The number of hydrogen-bond donors (Lipinski definition) is 2. The van der Waals surface area contributed by atoms with E-state index in [4.69, 9.17) is 4.42 Å². The van der Waals surface area contributed by atoms with Gasteiger partial charge in [-0.1, -0.05) is 13.8 Å². The van der Waals surface area contributed by atoms with Crippen molar-refractivity contribution in [1.82, 2.24) is 4.31 Å². The highest BCUT2D eigenvalue weighted by molar-refractivity contribution is 7.89. The van der Waals surface area contributed by atoms with Gasteiger partial charge in [-0.3, -0.25) is 4.79 Å². The number of nitrogens with zero attached hydrogens (tertiary/aromatic N) is 1. The van der Waals surface area contributed by atoms with Gasteiger partial charge >= 0.3 is 0 Å². The van der Waals surface area contributed by atoms with Crippen molar-refractivity contribution in [2.75, 3.05) is 30.3 Å². The number of carbonyl (C=O) groups excluding carboxylic acids is 1. The fourth-order valence-electron chi connectivity index (χ4n) is 2.44. The monoisotopic (exact) mass is 365 g/mol. The highest BCUT2D eigenvalue weighted by atomic mass is 32.2. The smallest absolute Gasteiger partial charge is 0.291 e. The highest BCUT2D eigenvalue weighted by Crippen LogP contribution is 2.27. The van der Waals surface area contributed by atoms with Gasteiger partial charge in [-0.05, 0) is 37.3 Å². The molecule has 2 rings (SSSR count). The SMILES string of the molecule is CCNc1ccc(S(=O)(=O)N(CC)CC)cc1NC(=O)c1ccco1. The average molecular weight is 365 g/mol. The number of sulfonamides is 1. The summed E-state index contributed by atoms with van der Waals surface area (Å²) in [5, 5.41) is 5.82. The van der Waals surface area contributed by atoms with E-state index in [1.165, 1.54) is 22.7 Å². The van der Waals surface area contributed by atoms with E-state index in [1.54, 1.807) is 32.0 Å². The van der Waals surface area contributed by atoms with E-state index in [0.29, 0.717) is 31.0 Å². The number of anilines is 2. The topological polar surface area (TPSA) is 91.7 Å². The molecule has 0 aliphatic rings. The van der Waals surface area contributed by atoms with Gasteiger partial charge in [-0.2, -0.15) is 4.31 Å². The molecule has 1 aromatic heterocycles. The summed E-state index contributed by atoms with van der Waals surface area (Å²) in [6.07, 6.45) is 1.40. The molecule has 0 aliphatic heterocycles. The first kappa shape index (κ1) is 19.0. The summed E-state index contributed by atoms with van der Waals surface area (Å²) in [7, 11) is -3.61. The van der Waals surface area contributed by atoms with Gasteiger partial charge in [0.2, 0.25) is 10.0 Å². The van der Waals surface area contributed by atoms with Crippen molar-refractivity contribution in [2.24, 2.45) is 0 Å². The third-order valence-corrected chi connectivity index (χ3v) is 5.74. The van der Waals surface area contributed by atoms with E-state index in [9.17, 15) is 13.2 Å². The summed E-state index contributed by atoms with van der Waals surface area (Å²) in [4.78, 5) is 12.4. The van der Waals surface area contributed by atoms with Crippen LogP contribution in [0.15, 0.2) is 45.9 Å². The quantitative estimate of drug-likeness (QED) is 0.750. The third-order valence-electron chi connectivity index (χ3n) is 3.69. The van der Waals surface area contributed by atoms with Crippen molar-refractivity contribution in [3.8, 4) is 0 Å². The first-order chi connectivity index (χ1) is 11.9. The summed E-state index contributed by atoms with van der Waals surface area (Å²) >= 11 is 0. The van der Waals surface area contributed by atoms with Gasteiger partial charge in [0.1, 0.15) is 0 Å². The minimum Gasteiger partial charge on any atom is -0.459 e. The van der Waals surface area contributed by atoms with Crippen molar-refractivity contribution >= 4 is 27.3 Å². The lowest BCUT2D eigenvalue weighted by molar-refractivity contribution is 0.0996. The lowest BCUT2D eigenvalue weighted by Gasteiger charge is -2.20. The summed E-state index contributed by atoms with van der Waals surface area (Å²) in [6.45, 7) is 6.87. The molecule has 25 heavy (non-hydrogen) atoms. The number of nitrogens with one attached hydrogen (secondary N) is 2. The number of carbonyl (C=O) groups is 1. The Morgan fingerprint density at radius 3 is 2.40 bits per heavy atom. The van der Waals surface area contributed by atoms with Crippen molar-refractivity contribution < 1.29 is 17.6 Å². The summed E-state index contributed by atoms with van der Waals surface area (Å²) in [6, 6.07) is 7.80. The Morgan fingerprint density at radius 2 is 1.84 bits per heavy atom. The molecule has 0 aliphatic carbocycles. The molecule has 0 radical (unpaired) electrons. The largest absolute Gasteiger partial charge is 0.459 e. The van der Waals surface area contributed by atoms with Crippen LogP contribution in [0.2, 0.25) is 0 Å². The molecule has 0 spiro atoms. The Bertz CT molecular complexity index is 812. The molecule has 1 amide bonds. The Kier molecular flexibility index (Phi) is 6.22. The van der Waals surface area contributed by atoms with Crippen LogP contribution in [0.4, 0.5) is 11.4 Å². The number of furan rings is 1. The number of amides is 1. The Balaban J connectivity index is 2.41. The Hall–Kier alpha value is -2.32. The van der Waals surface area contributed by atoms with Crippen LogP contribution in [0.25, 0.3) is 0 Å². The number of rotatable bonds is 8. The predicted molar refractivity (Wildman–Crippen MR) is 97.4 cm³/mol. The maximum atomic E-state index is 12.7. The van der Waals surface area contributed by atoms with Gasteiger partial charge in [0, 0.05) is 19.6 Å². The maximum Gasteiger partial charge on any atom is 0.291 e. The fourth-order valence-corrected chi connectivity index (χ4v) is 3.92. The molecular formula is C17H23N3O4S. The van der Waals surface area contributed by atoms with Gasteiger partial charge in [0.05, 0.1) is 22.5 Å². The van der Waals surface area contributed by atoms with Crippen molar-refractivity contribution in [1.29, 1.82) is 0 Å². The molecule has 0 unspecified atom stereocenters. The second-order valence-electron chi connectivity index (χ2n) is 5.26. The molecule has 0 saturated carbocycles. The normalized spacial score (nSPS) is 11.5. The van der Waals surface area contributed by atoms with E-state index < -0.39 is 15.9 Å². The van der Waals surface area contributed by atoms with Crippen LogP contribution >= 0.6 is 0 Å². The average Bonchev–Trinajstić information content (AvgIpc) is 3.12. The summed E-state index contributed by atoms with van der Waals surface area (Å²) in [5.74, 6) is -0.291. The summed E-state index contributed by atoms with van der Waals surface area (Å²) < 4.78 is 31.9. The molecule has 8 heteroatoms. The molecule has 2 N–H and O–H groups in total. The lowest BCUT2D eigenvalue weighted by Crippen LogP contribution is -2.30. The first-order valence-electron chi connectivity index (χ1n) is 8.16. The van der Waals surface area contributed by atoms with Gasteiger partial charge in [-0.25, -0.2) is 8.42 Å². The van der Waals surface area contributed by atoms with Crippen LogP contribution in [0.5, 0.6) is 0 Å². The zero-order valence-electron chi connectivity index (χ0n) is 14.6. The molecule has 0 bridgehead atoms. The zero-order chi connectivity index (χ0) is 18.4. The van der Waals surface area contributed by atoms with Crippen LogP contribution in [-0.2, 0) is 10.0 Å². The molecule has 0 saturated heterocycles. The standard InChI is InChI=1S/C17H23N3O4S/c1-4-18-14-10-9-13(25(22,23)20(5-2)6-3)12-15(14)19-17(21)16-8-7-11-24-16/h7-12,18H,4-6H2,1-3H3,(H,19,21). The molecule has 2 aromatic rings. The van der Waals surface area contributed by atoms with Crippen LogP contribution in [-0.4, -0.2) is 38.3 Å². The molecule has 1 aromatic carbocycles. The van der Waals surface area contributed by atoms with Gasteiger partial charge in [0.25, 0.3) is 5.91 Å². The van der Waals surface area contributed by atoms with Crippen molar-refractivity contribution in [2.45, 2.75) is 25.7 Å². The third kappa shape index (κ3) is 4.21. The molecule has 0 fully saturated rings. The minimum absolute atomic E-state index is 0.132. The van der Waals surface area contributed by atoms with Crippen molar-refractivity contribution in [3.63, 3.8) is 0 Å². The van der Waals surface area contributed by atoms with Gasteiger partial charge in [-0.15, -0.1) is 0 Å². The van der Waals surface area contributed by atoms with E-state index >= 15 is 0 Å². The Labute approximate surface area is 148 Å². The summed E-state index contributed by atoms with van der Waals surface area (Å²) in [5.41, 5.74) is 1.03. The highest BCUT2D eigenvalue weighted by Gasteiger charge is 2.23. The van der Waals surface area contributed by atoms with Crippen molar-refractivity contribution in [3.05, 3.63) is 42.4 Å².